The number of rotatable bonds is 26. The van der Waals surface area contributed by atoms with E-state index >= 15 is 0 Å². The van der Waals surface area contributed by atoms with Gasteiger partial charge < -0.3 is 24.0 Å². The number of aromatic nitrogens is 16. The molecule has 0 saturated carbocycles. The van der Waals surface area contributed by atoms with Gasteiger partial charge in [-0.3, -0.25) is 43.9 Å². The Balaban J connectivity index is 0.000000154. The molecule has 15 rings (SSSR count). The SMILES string of the molecule is CN(c1cncnc1)c1cc(F)cc(C(=O)Cc2cc(C(C)(F)F)ccn2)c1.Cc1ccc(CC(=O)c2cc(Cl)cc(Oc3cncnc3)c2)nc1C.Cc1ccc(CC(=O)c2cc(F)cc(Oc3cncnc3)c2)nc1.Cc1ccnc(CC(=O)c2cc(F)cc(N(C)c3cncnc3)c2)n1.Cc1cnc(CC(=O)c2cc(F)cc(Oc3cncnc3)c2)c(F)c1. The van der Waals surface area contributed by atoms with Crippen molar-refractivity contribution in [3.8, 4) is 34.5 Å². The highest BCUT2D eigenvalue weighted by Crippen LogP contribution is 2.33. The van der Waals surface area contributed by atoms with Crippen LogP contribution >= 0.6 is 11.6 Å². The number of carbonyl (C=O) groups excluding carboxylic acids is 5. The fourth-order valence-corrected chi connectivity index (χ4v) is 11.9. The van der Waals surface area contributed by atoms with E-state index in [-0.39, 0.29) is 100 Å². The fourth-order valence-electron chi connectivity index (χ4n) is 11.7. The van der Waals surface area contributed by atoms with Gasteiger partial charge in [-0.25, -0.2) is 90.5 Å². The topological polar surface area (TPSA) is 326 Å². The lowest BCUT2D eigenvalue weighted by Gasteiger charge is -2.19. The van der Waals surface area contributed by atoms with Gasteiger partial charge in [-0.2, -0.15) is 0 Å². The lowest BCUT2D eigenvalue weighted by molar-refractivity contribution is 0.0172. The van der Waals surface area contributed by atoms with Crippen LogP contribution in [0.3, 0.4) is 0 Å². The van der Waals surface area contributed by atoms with Crippen molar-refractivity contribution in [3.05, 3.63) is 382 Å². The predicted octanol–water partition coefficient (Wildman–Crippen LogP) is 18.8. The third kappa shape index (κ3) is 28.2. The summed E-state index contributed by atoms with van der Waals surface area (Å²) in [6.45, 7) is 10.1. The summed E-state index contributed by atoms with van der Waals surface area (Å²) < 4.78 is 113. The third-order valence-electron chi connectivity index (χ3n) is 18.2. The Bertz CT molecular complexity index is 6360. The second kappa shape index (κ2) is 43.9. The minimum absolute atomic E-state index is 0.0128. The van der Waals surface area contributed by atoms with Crippen molar-refractivity contribution in [1.29, 1.82) is 0 Å². The first kappa shape index (κ1) is 92.1. The molecule has 34 heteroatoms. The molecule has 127 heavy (non-hydrogen) atoms. The molecule has 0 aliphatic carbocycles. The van der Waals surface area contributed by atoms with Crippen molar-refractivity contribution in [2.75, 3.05) is 23.9 Å². The van der Waals surface area contributed by atoms with E-state index in [1.807, 2.05) is 45.9 Å². The minimum atomic E-state index is -3.03. The van der Waals surface area contributed by atoms with Crippen LogP contribution in [0.2, 0.25) is 5.02 Å². The quantitative estimate of drug-likeness (QED) is 0.0359. The fraction of sp³-hybridized carbons (Fsp3) is 0.151. The molecular formula is C93H76ClF7N18O8. The van der Waals surface area contributed by atoms with Crippen LogP contribution in [0.25, 0.3) is 0 Å². The van der Waals surface area contributed by atoms with Crippen LogP contribution in [0, 0.1) is 63.7 Å². The van der Waals surface area contributed by atoms with Gasteiger partial charge in [-0.15, -0.1) is 0 Å². The molecule has 5 aromatic carbocycles. The molecule has 0 saturated heterocycles. The Morgan fingerprint density at radius 2 is 0.772 bits per heavy atom. The second-order valence-corrected chi connectivity index (χ2v) is 28.7. The van der Waals surface area contributed by atoms with Gasteiger partial charge in [-0.05, 0) is 167 Å². The third-order valence-corrected chi connectivity index (χ3v) is 18.4. The molecule has 0 N–H and O–H groups in total. The molecule has 0 bridgehead atoms. The molecule has 26 nitrogen and oxygen atoms in total. The Kier molecular flexibility index (Phi) is 31.8. The molecule has 642 valence electrons. The van der Waals surface area contributed by atoms with Gasteiger partial charge in [0.15, 0.2) is 46.2 Å². The van der Waals surface area contributed by atoms with Gasteiger partial charge >= 0.3 is 0 Å². The number of ether oxygens (including phenoxy) is 3. The van der Waals surface area contributed by atoms with Crippen LogP contribution in [-0.4, -0.2) is 123 Å². The van der Waals surface area contributed by atoms with Crippen LogP contribution in [-0.2, 0) is 38.0 Å². The van der Waals surface area contributed by atoms with Crippen molar-refractivity contribution in [3.63, 3.8) is 0 Å². The van der Waals surface area contributed by atoms with Gasteiger partial charge in [0.2, 0.25) is 0 Å². The van der Waals surface area contributed by atoms with Gasteiger partial charge in [0.1, 0.15) is 83.8 Å². The number of Topliss-reactive ketones (excluding diaryl/α,β-unsaturated/α-hetero) is 5. The molecule has 0 unspecified atom stereocenters. The number of carbonyl (C=O) groups is 5. The molecule has 0 aliphatic rings. The number of aryl methyl sites for hydroxylation is 5. The first-order valence-electron chi connectivity index (χ1n) is 38.4. The highest BCUT2D eigenvalue weighted by atomic mass is 35.5. The number of hydrogen-bond acceptors (Lipinski definition) is 26. The normalized spacial score (nSPS) is 10.7. The molecular weight excluding hydrogens is 1670 g/mol. The first-order chi connectivity index (χ1) is 60.9. The second-order valence-electron chi connectivity index (χ2n) is 28.3. The Labute approximate surface area is 728 Å². The molecule has 0 fully saturated rings. The standard InChI is InChI=1S/C20H17F3N4O.C19H16ClN3O2.C18H13F2N3O2.C18H16FN5O.C18H14FN3O2/c1-20(22,23)14-3-4-26-16(7-14)9-19(28)13-5-15(21)8-17(6-13)27(2)18-10-24-12-25-11-18;1-12-3-4-16(23-13(12)2)8-19(24)14-5-15(20)7-17(6-14)25-18-9-21-11-22-10-18;1-11-2-16(20)17(23-7-11)6-18(24)12-3-13(19)5-14(4-12)25-15-8-21-10-22-9-15;1-12-3-4-22-18(23-12)8-17(25)13-5-14(19)7-15(6-13)24(2)16-9-20-11-21-10-16;1-12-2-3-15(22-8-12)7-18(23)13-4-14(19)6-16(5-13)24-17-9-20-11-21-10-17/h3-8,10-12H,9H2,1-2H3;3-7,9-11H,8H2,1-2H3;2-5,7-10H,6H2,1H3;3-7,9-11H,8H2,1-2H3;2-6,8-11H,7H2,1H3. The number of pyridine rings is 4. The molecule has 15 aromatic rings. The molecule has 10 aromatic heterocycles. The zero-order valence-electron chi connectivity index (χ0n) is 69.1. The average molecular weight is 1740 g/mol. The summed E-state index contributed by atoms with van der Waals surface area (Å²) in [4.78, 5) is 129. The maximum Gasteiger partial charge on any atom is 0.270 e. The molecule has 0 aliphatic heterocycles. The van der Waals surface area contributed by atoms with Gasteiger partial charge in [-0.1, -0.05) is 23.7 Å². The number of ketones is 5. The van der Waals surface area contributed by atoms with Crippen LogP contribution in [0.4, 0.5) is 53.5 Å². The summed E-state index contributed by atoms with van der Waals surface area (Å²) in [5.74, 6) is -4.99. The van der Waals surface area contributed by atoms with Crippen LogP contribution in [0.1, 0.15) is 121 Å². The highest BCUT2D eigenvalue weighted by Gasteiger charge is 2.26. The van der Waals surface area contributed by atoms with E-state index in [4.69, 9.17) is 25.8 Å². The van der Waals surface area contributed by atoms with E-state index in [1.54, 1.807) is 104 Å². The zero-order chi connectivity index (χ0) is 90.7. The van der Waals surface area contributed by atoms with Crippen molar-refractivity contribution < 1.29 is 68.9 Å². The van der Waals surface area contributed by atoms with E-state index in [9.17, 15) is 54.7 Å². The van der Waals surface area contributed by atoms with Crippen molar-refractivity contribution in [1.82, 2.24) is 79.7 Å². The largest absolute Gasteiger partial charge is 0.454 e. The summed E-state index contributed by atoms with van der Waals surface area (Å²) in [5.41, 5.74) is 9.22. The van der Waals surface area contributed by atoms with Gasteiger partial charge in [0.05, 0.1) is 111 Å². The maximum atomic E-state index is 14.1. The Morgan fingerprint density at radius 1 is 0.362 bits per heavy atom. The van der Waals surface area contributed by atoms with E-state index in [0.29, 0.717) is 73.4 Å². The molecule has 0 spiro atoms. The number of alkyl halides is 2. The number of halogens is 8. The Morgan fingerprint density at radius 3 is 1.23 bits per heavy atom. The van der Waals surface area contributed by atoms with Gasteiger partial charge in [0.25, 0.3) is 5.92 Å². The number of nitrogens with zero attached hydrogens (tertiary/aromatic N) is 18. The van der Waals surface area contributed by atoms with Crippen LogP contribution in [0.15, 0.2) is 258 Å². The number of hydrogen-bond donors (Lipinski definition) is 0. The van der Waals surface area contributed by atoms with Crippen molar-refractivity contribution in [2.24, 2.45) is 0 Å². The maximum absolute atomic E-state index is 14.1. The lowest BCUT2D eigenvalue weighted by Crippen LogP contribution is -2.13. The number of benzene rings is 5. The first-order valence-corrected chi connectivity index (χ1v) is 38.8. The highest BCUT2D eigenvalue weighted by molar-refractivity contribution is 6.31. The zero-order valence-corrected chi connectivity index (χ0v) is 69.9. The van der Waals surface area contributed by atoms with E-state index in [1.165, 1.54) is 148 Å². The molecule has 0 amide bonds. The molecule has 10 heterocycles. The summed E-state index contributed by atoms with van der Waals surface area (Å²) in [7, 11) is 3.45. The van der Waals surface area contributed by atoms with Crippen molar-refractivity contribution >= 4 is 63.3 Å². The van der Waals surface area contributed by atoms with Gasteiger partial charge in [0, 0.05) is 136 Å². The number of anilines is 4. The van der Waals surface area contributed by atoms with Crippen LogP contribution < -0.4 is 24.0 Å². The van der Waals surface area contributed by atoms with E-state index in [0.717, 1.165) is 53.3 Å². The summed E-state index contributed by atoms with van der Waals surface area (Å²) >= 11 is 6.13. The summed E-state index contributed by atoms with van der Waals surface area (Å²) in [6, 6.07) is 33.4. The monoisotopic (exact) mass is 1740 g/mol. The lowest BCUT2D eigenvalue weighted by atomic mass is 10.0. The van der Waals surface area contributed by atoms with Crippen molar-refractivity contribution in [2.45, 2.75) is 79.6 Å². The van der Waals surface area contributed by atoms with E-state index in [2.05, 4.69) is 79.7 Å². The van der Waals surface area contributed by atoms with Crippen LogP contribution in [0.5, 0.6) is 34.5 Å². The smallest absolute Gasteiger partial charge is 0.270 e. The average Bonchev–Trinajstić information content (AvgIpc) is 0.834. The Hall–Kier alpha value is -15.7. The summed E-state index contributed by atoms with van der Waals surface area (Å²) in [6.07, 6.45) is 27.8. The minimum Gasteiger partial charge on any atom is -0.454 e. The predicted molar refractivity (Wildman–Crippen MR) is 456 cm³/mol. The molecule has 0 atom stereocenters. The summed E-state index contributed by atoms with van der Waals surface area (Å²) in [5, 5.41) is 0.422. The molecule has 0 radical (unpaired) electrons. The van der Waals surface area contributed by atoms with E-state index < -0.39 is 46.6 Å².